The van der Waals surface area contributed by atoms with Gasteiger partial charge in [-0.15, -0.1) is 0 Å². The topological polar surface area (TPSA) is 87.7 Å². The van der Waals surface area contributed by atoms with Gasteiger partial charge in [0.25, 0.3) is 0 Å². The lowest BCUT2D eigenvalue weighted by Crippen LogP contribution is -2.30. The summed E-state index contributed by atoms with van der Waals surface area (Å²) in [4.78, 5) is 12.4. The zero-order valence-electron chi connectivity index (χ0n) is 15.6. The molecule has 0 spiro atoms. The van der Waals surface area contributed by atoms with Gasteiger partial charge in [0.15, 0.2) is 0 Å². The molecule has 10 heteroatoms. The number of amides is 2. The number of urea groups is 1. The molecular formula is C18H21Cl2N3O4S. The third kappa shape index (κ3) is 5.08. The van der Waals surface area contributed by atoms with Crippen molar-refractivity contribution in [1.29, 1.82) is 0 Å². The number of nitrogens with zero attached hydrogens (tertiary/aromatic N) is 1. The average Bonchev–Trinajstić information content (AvgIpc) is 2.65. The third-order valence-electron chi connectivity index (χ3n) is 3.94. The van der Waals surface area contributed by atoms with Crippen molar-refractivity contribution >= 4 is 50.6 Å². The van der Waals surface area contributed by atoms with Gasteiger partial charge in [-0.05, 0) is 36.4 Å². The van der Waals surface area contributed by atoms with E-state index in [1.807, 2.05) is 0 Å². The van der Waals surface area contributed by atoms with E-state index >= 15 is 0 Å². The second-order valence-electron chi connectivity index (χ2n) is 5.66. The van der Waals surface area contributed by atoms with Gasteiger partial charge in [0.2, 0.25) is 10.0 Å². The Morgan fingerprint density at radius 2 is 1.71 bits per heavy atom. The summed E-state index contributed by atoms with van der Waals surface area (Å²) in [5.41, 5.74) is 0.645. The Bertz CT molecular complexity index is 963. The number of nitrogens with one attached hydrogen (secondary N) is 2. The molecule has 7 nitrogen and oxygen atoms in total. The quantitative estimate of drug-likeness (QED) is 0.647. The van der Waals surface area contributed by atoms with E-state index in [0.717, 1.165) is 0 Å². The van der Waals surface area contributed by atoms with Gasteiger partial charge in [-0.1, -0.05) is 37.0 Å². The molecule has 2 aromatic rings. The SMILES string of the molecule is CCN(CC)S(=O)(=O)c1ccc(OC)c(NC(=O)Nc2ccc(Cl)c(Cl)c2)c1. The average molecular weight is 446 g/mol. The summed E-state index contributed by atoms with van der Waals surface area (Å²) in [6.45, 7) is 4.19. The molecule has 0 fully saturated rings. The summed E-state index contributed by atoms with van der Waals surface area (Å²) in [5.74, 6) is 0.322. The van der Waals surface area contributed by atoms with Crippen LogP contribution in [0.2, 0.25) is 10.0 Å². The monoisotopic (exact) mass is 445 g/mol. The van der Waals surface area contributed by atoms with Gasteiger partial charge in [-0.3, -0.25) is 0 Å². The number of methoxy groups -OCH3 is 1. The standard InChI is InChI=1S/C18H21Cl2N3O4S/c1-4-23(5-2)28(25,26)13-7-9-17(27-3)16(11-13)22-18(24)21-12-6-8-14(19)15(20)10-12/h6-11H,4-5H2,1-3H3,(H2,21,22,24). The minimum Gasteiger partial charge on any atom is -0.495 e. The maximum Gasteiger partial charge on any atom is 0.323 e. The first kappa shape index (κ1) is 22.3. The predicted molar refractivity (Wildman–Crippen MR) is 112 cm³/mol. The van der Waals surface area contributed by atoms with E-state index in [9.17, 15) is 13.2 Å². The first-order valence-electron chi connectivity index (χ1n) is 8.44. The molecule has 28 heavy (non-hydrogen) atoms. The molecule has 0 atom stereocenters. The van der Waals surface area contributed by atoms with Crippen molar-refractivity contribution in [3.05, 3.63) is 46.4 Å². The van der Waals surface area contributed by atoms with Crippen LogP contribution in [-0.4, -0.2) is 39.0 Å². The van der Waals surface area contributed by atoms with E-state index in [1.165, 1.54) is 35.7 Å². The van der Waals surface area contributed by atoms with Crippen LogP contribution in [0, 0.1) is 0 Å². The molecule has 0 saturated carbocycles. The minimum atomic E-state index is -3.68. The summed E-state index contributed by atoms with van der Waals surface area (Å²) in [7, 11) is -2.25. The number of rotatable bonds is 7. The van der Waals surface area contributed by atoms with Crippen molar-refractivity contribution < 1.29 is 17.9 Å². The number of carbonyl (C=O) groups is 1. The molecular weight excluding hydrogens is 425 g/mol. The van der Waals surface area contributed by atoms with Crippen LogP contribution in [0.25, 0.3) is 0 Å². The van der Waals surface area contributed by atoms with Crippen molar-refractivity contribution in [3.63, 3.8) is 0 Å². The molecule has 0 heterocycles. The van der Waals surface area contributed by atoms with Crippen LogP contribution in [0.3, 0.4) is 0 Å². The highest BCUT2D eigenvalue weighted by atomic mass is 35.5. The van der Waals surface area contributed by atoms with E-state index in [1.54, 1.807) is 26.0 Å². The largest absolute Gasteiger partial charge is 0.495 e. The normalized spacial score (nSPS) is 11.4. The van der Waals surface area contributed by atoms with Gasteiger partial charge < -0.3 is 15.4 Å². The summed E-state index contributed by atoms with van der Waals surface area (Å²) in [6, 6.07) is 8.35. The van der Waals surface area contributed by atoms with E-state index in [-0.39, 0.29) is 10.6 Å². The Morgan fingerprint density at radius 3 is 2.29 bits per heavy atom. The smallest absolute Gasteiger partial charge is 0.323 e. The molecule has 2 amide bonds. The van der Waals surface area contributed by atoms with Gasteiger partial charge in [-0.25, -0.2) is 13.2 Å². The molecule has 0 aliphatic heterocycles. The fourth-order valence-electron chi connectivity index (χ4n) is 2.52. The van der Waals surface area contributed by atoms with Gasteiger partial charge >= 0.3 is 6.03 Å². The van der Waals surface area contributed by atoms with Crippen molar-refractivity contribution in [2.24, 2.45) is 0 Å². The molecule has 0 aromatic heterocycles. The Labute approximate surface area is 174 Å². The number of anilines is 2. The number of ether oxygens (including phenoxy) is 1. The van der Waals surface area contributed by atoms with E-state index in [4.69, 9.17) is 27.9 Å². The van der Waals surface area contributed by atoms with Gasteiger partial charge in [0.1, 0.15) is 5.75 Å². The Hall–Kier alpha value is -2.00. The first-order valence-corrected chi connectivity index (χ1v) is 10.6. The number of halogens is 2. The highest BCUT2D eigenvalue weighted by Gasteiger charge is 2.23. The molecule has 0 aliphatic rings. The number of hydrogen-bond donors (Lipinski definition) is 2. The second kappa shape index (κ2) is 9.47. The molecule has 0 unspecified atom stereocenters. The van der Waals surface area contributed by atoms with Gasteiger partial charge in [0, 0.05) is 18.8 Å². The maximum atomic E-state index is 12.7. The summed E-state index contributed by atoms with van der Waals surface area (Å²) in [6.07, 6.45) is 0. The summed E-state index contributed by atoms with van der Waals surface area (Å²) >= 11 is 11.8. The van der Waals surface area contributed by atoms with Crippen LogP contribution in [0.15, 0.2) is 41.3 Å². The fourth-order valence-corrected chi connectivity index (χ4v) is 4.30. The zero-order valence-corrected chi connectivity index (χ0v) is 18.0. The van der Waals surface area contributed by atoms with Crippen LogP contribution in [0.5, 0.6) is 5.75 Å². The highest BCUT2D eigenvalue weighted by molar-refractivity contribution is 7.89. The molecule has 2 aromatic carbocycles. The highest BCUT2D eigenvalue weighted by Crippen LogP contribution is 2.29. The van der Waals surface area contributed by atoms with Gasteiger partial charge in [0.05, 0.1) is 27.7 Å². The van der Waals surface area contributed by atoms with E-state index in [0.29, 0.717) is 34.6 Å². The molecule has 0 radical (unpaired) electrons. The molecule has 2 N–H and O–H groups in total. The lowest BCUT2D eigenvalue weighted by atomic mass is 10.3. The van der Waals surface area contributed by atoms with Crippen molar-refractivity contribution in [3.8, 4) is 5.75 Å². The third-order valence-corrected chi connectivity index (χ3v) is 6.72. The van der Waals surface area contributed by atoms with Crippen LogP contribution < -0.4 is 15.4 Å². The number of hydrogen-bond acceptors (Lipinski definition) is 4. The Morgan fingerprint density at radius 1 is 1.04 bits per heavy atom. The van der Waals surface area contributed by atoms with Crippen molar-refractivity contribution in [1.82, 2.24) is 4.31 Å². The number of carbonyl (C=O) groups excluding carboxylic acids is 1. The lowest BCUT2D eigenvalue weighted by Gasteiger charge is -2.19. The Kier molecular flexibility index (Phi) is 7.54. The Balaban J connectivity index is 2.28. The van der Waals surface area contributed by atoms with Crippen molar-refractivity contribution in [2.75, 3.05) is 30.8 Å². The number of benzene rings is 2. The molecule has 2 rings (SSSR count). The predicted octanol–water partition coefficient (Wildman–Crippen LogP) is 4.68. The second-order valence-corrected chi connectivity index (χ2v) is 8.41. The van der Waals surface area contributed by atoms with Crippen LogP contribution >= 0.6 is 23.2 Å². The first-order chi connectivity index (χ1) is 13.2. The van der Waals surface area contributed by atoms with Gasteiger partial charge in [-0.2, -0.15) is 4.31 Å². The molecule has 0 bridgehead atoms. The maximum absolute atomic E-state index is 12.7. The van der Waals surface area contributed by atoms with E-state index in [2.05, 4.69) is 10.6 Å². The molecule has 0 aliphatic carbocycles. The van der Waals surface area contributed by atoms with Crippen LogP contribution in [-0.2, 0) is 10.0 Å². The minimum absolute atomic E-state index is 0.0573. The van der Waals surface area contributed by atoms with E-state index < -0.39 is 16.1 Å². The van der Waals surface area contributed by atoms with Crippen LogP contribution in [0.4, 0.5) is 16.2 Å². The fraction of sp³-hybridized carbons (Fsp3) is 0.278. The summed E-state index contributed by atoms with van der Waals surface area (Å²) < 4.78 is 32.0. The van der Waals surface area contributed by atoms with Crippen molar-refractivity contribution in [2.45, 2.75) is 18.7 Å². The van der Waals surface area contributed by atoms with Crippen LogP contribution in [0.1, 0.15) is 13.8 Å². The lowest BCUT2D eigenvalue weighted by molar-refractivity contribution is 0.262. The number of sulfonamides is 1. The summed E-state index contributed by atoms with van der Waals surface area (Å²) in [5, 5.41) is 5.86. The molecule has 152 valence electrons. The molecule has 0 saturated heterocycles. The zero-order chi connectivity index (χ0) is 20.9.